The molecule has 0 saturated heterocycles. The molecule has 0 saturated carbocycles. The Hall–Kier alpha value is -3.80. The van der Waals surface area contributed by atoms with E-state index in [0.29, 0.717) is 17.1 Å². The van der Waals surface area contributed by atoms with Crippen LogP contribution in [0.3, 0.4) is 0 Å². The van der Waals surface area contributed by atoms with E-state index in [1.165, 1.54) is 13.3 Å². The Balaban J connectivity index is 1.57. The smallest absolute Gasteiger partial charge is 0.280 e. The lowest BCUT2D eigenvalue weighted by Crippen LogP contribution is -2.33. The maximum Gasteiger partial charge on any atom is 0.280 e. The van der Waals surface area contributed by atoms with Crippen molar-refractivity contribution in [3.05, 3.63) is 78.4 Å². The minimum atomic E-state index is -0.742. The van der Waals surface area contributed by atoms with Crippen LogP contribution in [-0.4, -0.2) is 30.4 Å². The summed E-state index contributed by atoms with van der Waals surface area (Å²) >= 11 is 0. The number of nitrogens with zero attached hydrogens (tertiary/aromatic N) is 1. The van der Waals surface area contributed by atoms with Gasteiger partial charge in [0.25, 0.3) is 5.91 Å². The van der Waals surface area contributed by atoms with Crippen molar-refractivity contribution >= 4 is 12.1 Å². The molecule has 0 aliphatic heterocycles. The molecule has 3 aromatic rings. The van der Waals surface area contributed by atoms with Gasteiger partial charge in [0.05, 0.1) is 13.3 Å². The molecular weight excluding hydrogens is 368 g/mol. The molecule has 29 heavy (non-hydrogen) atoms. The van der Waals surface area contributed by atoms with Gasteiger partial charge in [-0.3, -0.25) is 4.79 Å². The van der Waals surface area contributed by atoms with Crippen molar-refractivity contribution in [2.45, 2.75) is 13.0 Å². The van der Waals surface area contributed by atoms with Gasteiger partial charge in [-0.25, -0.2) is 5.43 Å². The Labute approximate surface area is 169 Å². The lowest BCUT2D eigenvalue weighted by Gasteiger charge is -2.13. The maximum atomic E-state index is 12.2. The lowest BCUT2D eigenvalue weighted by atomic mass is 10.1. The summed E-state index contributed by atoms with van der Waals surface area (Å²) in [4.78, 5) is 12.2. The molecule has 3 rings (SSSR count). The number of phenolic OH excluding ortho intramolecular Hbond substituents is 1. The number of hydrazone groups is 1. The van der Waals surface area contributed by atoms with Gasteiger partial charge in [-0.15, -0.1) is 0 Å². The number of benzene rings is 3. The maximum absolute atomic E-state index is 12.2. The fraction of sp³-hybridized carbons (Fsp3) is 0.130. The molecule has 3 aromatic carbocycles. The van der Waals surface area contributed by atoms with Gasteiger partial charge in [0.15, 0.2) is 17.6 Å². The summed E-state index contributed by atoms with van der Waals surface area (Å²) in [7, 11) is 1.46. The first-order valence-corrected chi connectivity index (χ1v) is 9.09. The van der Waals surface area contributed by atoms with E-state index in [1.54, 1.807) is 25.1 Å². The predicted octanol–water partition coefficient (Wildman–Crippen LogP) is 3.99. The molecule has 2 N–H and O–H groups in total. The molecule has 0 unspecified atom stereocenters. The number of carbonyl (C=O) groups excluding carboxylic acids is 1. The van der Waals surface area contributed by atoms with Crippen LogP contribution in [0.15, 0.2) is 77.9 Å². The van der Waals surface area contributed by atoms with Crippen LogP contribution in [0.25, 0.3) is 11.1 Å². The number of rotatable bonds is 7. The van der Waals surface area contributed by atoms with Crippen LogP contribution >= 0.6 is 0 Å². The number of hydrogen-bond donors (Lipinski definition) is 2. The molecule has 6 nitrogen and oxygen atoms in total. The second-order valence-electron chi connectivity index (χ2n) is 6.28. The second-order valence-corrected chi connectivity index (χ2v) is 6.28. The van der Waals surface area contributed by atoms with Crippen LogP contribution in [0.1, 0.15) is 12.5 Å². The van der Waals surface area contributed by atoms with Crippen LogP contribution in [0.5, 0.6) is 17.2 Å². The third kappa shape index (κ3) is 5.13. The summed E-state index contributed by atoms with van der Waals surface area (Å²) in [5.41, 5.74) is 5.01. The largest absolute Gasteiger partial charge is 0.504 e. The van der Waals surface area contributed by atoms with Gasteiger partial charge in [0, 0.05) is 5.56 Å². The van der Waals surface area contributed by atoms with Gasteiger partial charge < -0.3 is 14.6 Å². The van der Waals surface area contributed by atoms with Crippen molar-refractivity contribution in [1.29, 1.82) is 0 Å². The first kappa shape index (κ1) is 19.9. The van der Waals surface area contributed by atoms with Crippen molar-refractivity contribution in [2.75, 3.05) is 7.11 Å². The molecule has 0 aliphatic carbocycles. The molecule has 0 heterocycles. The Kier molecular flexibility index (Phi) is 6.47. The molecule has 0 aromatic heterocycles. The Morgan fingerprint density at radius 1 is 1.00 bits per heavy atom. The van der Waals surface area contributed by atoms with E-state index in [2.05, 4.69) is 10.5 Å². The number of hydrogen-bond acceptors (Lipinski definition) is 5. The summed E-state index contributed by atoms with van der Waals surface area (Å²) in [5.74, 6) is 0.462. The van der Waals surface area contributed by atoms with Crippen molar-refractivity contribution in [3.63, 3.8) is 0 Å². The summed E-state index contributed by atoms with van der Waals surface area (Å²) in [6.45, 7) is 1.64. The van der Waals surface area contributed by atoms with Gasteiger partial charge >= 0.3 is 0 Å². The van der Waals surface area contributed by atoms with Gasteiger partial charge in [-0.05, 0) is 42.3 Å². The summed E-state index contributed by atoms with van der Waals surface area (Å²) < 4.78 is 10.7. The predicted molar refractivity (Wildman–Crippen MR) is 112 cm³/mol. The fourth-order valence-corrected chi connectivity index (χ4v) is 2.68. The first-order chi connectivity index (χ1) is 14.1. The molecule has 0 spiro atoms. The van der Waals surface area contributed by atoms with Gasteiger partial charge in [0.2, 0.25) is 0 Å². The number of methoxy groups -OCH3 is 1. The molecule has 1 amide bonds. The highest BCUT2D eigenvalue weighted by Crippen LogP contribution is 2.28. The topological polar surface area (TPSA) is 80.2 Å². The zero-order valence-electron chi connectivity index (χ0n) is 16.2. The van der Waals surface area contributed by atoms with Crippen LogP contribution in [0.4, 0.5) is 0 Å². The zero-order valence-corrected chi connectivity index (χ0v) is 16.2. The molecule has 0 fully saturated rings. The number of para-hydroxylation sites is 1. The molecule has 0 bridgehead atoms. The summed E-state index contributed by atoms with van der Waals surface area (Å²) in [6, 6.07) is 22.5. The van der Waals surface area contributed by atoms with Crippen LogP contribution in [-0.2, 0) is 4.79 Å². The van der Waals surface area contributed by atoms with Gasteiger partial charge in [-0.1, -0.05) is 48.5 Å². The number of amides is 1. The standard InChI is InChI=1S/C23H22N2O4/c1-16(23(27)25-24-15-19-9-6-10-21(28-2)22(19)26)29-20-13-11-18(12-14-20)17-7-4-3-5-8-17/h3-16,26H,1-2H3,(H,25,27)/b24-15-/t16-/m1/s1. The average Bonchev–Trinajstić information content (AvgIpc) is 2.76. The first-order valence-electron chi connectivity index (χ1n) is 9.09. The molecule has 0 aliphatic rings. The van der Waals surface area contributed by atoms with Crippen LogP contribution in [0, 0.1) is 0 Å². The minimum absolute atomic E-state index is 0.0456. The second kappa shape index (κ2) is 9.41. The Bertz CT molecular complexity index is 986. The molecule has 6 heteroatoms. The lowest BCUT2D eigenvalue weighted by molar-refractivity contribution is -0.127. The third-order valence-corrected chi connectivity index (χ3v) is 4.27. The van der Waals surface area contributed by atoms with E-state index in [1.807, 2.05) is 54.6 Å². The monoisotopic (exact) mass is 390 g/mol. The highest BCUT2D eigenvalue weighted by molar-refractivity contribution is 5.87. The van der Waals surface area contributed by atoms with Gasteiger partial charge in [0.1, 0.15) is 5.75 Å². The van der Waals surface area contributed by atoms with Crippen molar-refractivity contribution in [3.8, 4) is 28.4 Å². The van der Waals surface area contributed by atoms with Crippen molar-refractivity contribution < 1.29 is 19.4 Å². The molecule has 0 radical (unpaired) electrons. The number of carbonyl (C=O) groups is 1. The minimum Gasteiger partial charge on any atom is -0.504 e. The highest BCUT2D eigenvalue weighted by Gasteiger charge is 2.14. The quantitative estimate of drug-likeness (QED) is 0.472. The number of nitrogens with one attached hydrogen (secondary N) is 1. The zero-order chi connectivity index (χ0) is 20.6. The Morgan fingerprint density at radius 2 is 1.69 bits per heavy atom. The Morgan fingerprint density at radius 3 is 2.38 bits per heavy atom. The normalized spacial score (nSPS) is 11.8. The average molecular weight is 390 g/mol. The molecule has 1 atom stereocenters. The third-order valence-electron chi connectivity index (χ3n) is 4.27. The van der Waals surface area contributed by atoms with Crippen molar-refractivity contribution in [2.24, 2.45) is 5.10 Å². The van der Waals surface area contributed by atoms with E-state index in [9.17, 15) is 9.90 Å². The summed E-state index contributed by atoms with van der Waals surface area (Å²) in [5, 5.41) is 13.9. The van der Waals surface area contributed by atoms with Crippen LogP contribution < -0.4 is 14.9 Å². The van der Waals surface area contributed by atoms with Crippen LogP contribution in [0.2, 0.25) is 0 Å². The molecular formula is C23H22N2O4. The van der Waals surface area contributed by atoms with E-state index < -0.39 is 12.0 Å². The number of phenols is 1. The van der Waals surface area contributed by atoms with Gasteiger partial charge in [-0.2, -0.15) is 5.10 Å². The fourth-order valence-electron chi connectivity index (χ4n) is 2.68. The SMILES string of the molecule is COc1cccc(/C=N\NC(=O)[C@@H](C)Oc2ccc(-c3ccccc3)cc2)c1O. The highest BCUT2D eigenvalue weighted by atomic mass is 16.5. The number of aromatic hydroxyl groups is 1. The van der Waals surface area contributed by atoms with E-state index in [4.69, 9.17) is 9.47 Å². The summed E-state index contributed by atoms with van der Waals surface area (Å²) in [6.07, 6.45) is 0.602. The van der Waals surface area contributed by atoms with E-state index >= 15 is 0 Å². The molecule has 148 valence electrons. The van der Waals surface area contributed by atoms with E-state index in [0.717, 1.165) is 11.1 Å². The van der Waals surface area contributed by atoms with Crippen molar-refractivity contribution in [1.82, 2.24) is 5.43 Å². The van der Waals surface area contributed by atoms with E-state index in [-0.39, 0.29) is 5.75 Å². The number of ether oxygens (including phenoxy) is 2.